The first-order valence-electron chi connectivity index (χ1n) is 5.96. The van der Waals surface area contributed by atoms with Gasteiger partial charge in [0.15, 0.2) is 0 Å². The summed E-state index contributed by atoms with van der Waals surface area (Å²) in [6.07, 6.45) is 1.56. The maximum absolute atomic E-state index is 13.5. The van der Waals surface area contributed by atoms with E-state index in [-0.39, 0.29) is 10.6 Å². The fraction of sp³-hybridized carbons (Fsp3) is 0. The number of hydrogen-bond donors (Lipinski definition) is 2. The summed E-state index contributed by atoms with van der Waals surface area (Å²) < 4.78 is 27.8. The molecule has 0 saturated heterocycles. The van der Waals surface area contributed by atoms with E-state index in [0.717, 1.165) is 28.2 Å². The average Bonchev–Trinajstić information content (AvgIpc) is 2.81. The van der Waals surface area contributed by atoms with Crippen LogP contribution < -0.4 is 11.1 Å². The van der Waals surface area contributed by atoms with Crippen LogP contribution in [0.15, 0.2) is 36.5 Å². The van der Waals surface area contributed by atoms with Gasteiger partial charge in [0.2, 0.25) is 0 Å². The molecule has 1 aromatic carbocycles. The van der Waals surface area contributed by atoms with E-state index >= 15 is 0 Å². The molecule has 3 aromatic rings. The number of hydrogen-bond acceptors (Lipinski definition) is 4. The number of thiophene rings is 1. The maximum Gasteiger partial charge on any atom is 0.268 e. The molecule has 0 radical (unpaired) electrons. The van der Waals surface area contributed by atoms with Crippen LogP contribution in [0.2, 0.25) is 0 Å². The SMILES string of the molecule is Nc1c(C(=O)Nc2c(F)cccc2F)sc2cccnc12. The summed E-state index contributed by atoms with van der Waals surface area (Å²) in [4.78, 5) is 16.4. The number of aromatic nitrogens is 1. The highest BCUT2D eigenvalue weighted by Crippen LogP contribution is 2.32. The summed E-state index contributed by atoms with van der Waals surface area (Å²) in [5.41, 5.74) is 6.08. The van der Waals surface area contributed by atoms with E-state index in [1.54, 1.807) is 18.3 Å². The number of carbonyl (C=O) groups excluding carboxylic acids is 1. The van der Waals surface area contributed by atoms with Crippen LogP contribution in [0, 0.1) is 11.6 Å². The molecule has 0 aliphatic heterocycles. The third-order valence-electron chi connectivity index (χ3n) is 2.89. The van der Waals surface area contributed by atoms with Crippen LogP contribution in [0.3, 0.4) is 0 Å². The molecule has 2 aromatic heterocycles. The first-order chi connectivity index (χ1) is 10.1. The van der Waals surface area contributed by atoms with E-state index in [1.165, 1.54) is 6.07 Å². The standard InChI is InChI=1S/C14H9F2N3OS/c15-7-3-1-4-8(16)11(7)19-14(20)13-10(17)12-9(21-13)5-2-6-18-12/h1-6H,17H2,(H,19,20). The zero-order valence-electron chi connectivity index (χ0n) is 10.6. The summed E-state index contributed by atoms with van der Waals surface area (Å²) in [7, 11) is 0. The predicted octanol–water partition coefficient (Wildman–Crippen LogP) is 3.41. The Morgan fingerprint density at radius 3 is 2.57 bits per heavy atom. The van der Waals surface area contributed by atoms with Crippen molar-refractivity contribution in [3.8, 4) is 0 Å². The molecule has 0 bridgehead atoms. The molecule has 21 heavy (non-hydrogen) atoms. The minimum absolute atomic E-state index is 0.173. The lowest BCUT2D eigenvalue weighted by Gasteiger charge is -2.06. The summed E-state index contributed by atoms with van der Waals surface area (Å²) in [5, 5.41) is 2.21. The zero-order valence-corrected chi connectivity index (χ0v) is 11.4. The van der Waals surface area contributed by atoms with Crippen molar-refractivity contribution in [1.82, 2.24) is 4.98 Å². The normalized spacial score (nSPS) is 10.8. The van der Waals surface area contributed by atoms with E-state index in [1.807, 2.05) is 0 Å². The van der Waals surface area contributed by atoms with Gasteiger partial charge in [0.1, 0.15) is 27.7 Å². The fourth-order valence-corrected chi connectivity index (χ4v) is 2.88. The molecular weight excluding hydrogens is 296 g/mol. The van der Waals surface area contributed by atoms with Gasteiger partial charge in [-0.1, -0.05) is 6.07 Å². The molecule has 0 spiro atoms. The molecule has 106 valence electrons. The third-order valence-corrected chi connectivity index (χ3v) is 4.05. The molecule has 0 atom stereocenters. The van der Waals surface area contributed by atoms with Gasteiger partial charge < -0.3 is 11.1 Å². The number of benzene rings is 1. The summed E-state index contributed by atoms with van der Waals surface area (Å²) >= 11 is 1.12. The first-order valence-corrected chi connectivity index (χ1v) is 6.78. The number of halogens is 2. The van der Waals surface area contributed by atoms with Crippen molar-refractivity contribution in [2.24, 2.45) is 0 Å². The molecule has 0 unspecified atom stereocenters. The third kappa shape index (κ3) is 2.31. The molecule has 3 rings (SSSR count). The van der Waals surface area contributed by atoms with E-state index < -0.39 is 23.2 Å². The molecule has 0 aliphatic carbocycles. The van der Waals surface area contributed by atoms with Crippen LogP contribution >= 0.6 is 11.3 Å². The van der Waals surface area contributed by atoms with Gasteiger partial charge in [0, 0.05) is 6.20 Å². The number of nitrogens with zero attached hydrogens (tertiary/aromatic N) is 1. The van der Waals surface area contributed by atoms with Crippen LogP contribution in [0.25, 0.3) is 10.2 Å². The first kappa shape index (κ1) is 13.4. The predicted molar refractivity (Wildman–Crippen MR) is 78.3 cm³/mol. The van der Waals surface area contributed by atoms with Crippen molar-refractivity contribution in [3.05, 3.63) is 53.0 Å². The van der Waals surface area contributed by atoms with Gasteiger partial charge >= 0.3 is 0 Å². The molecule has 0 aliphatic rings. The Kier molecular flexibility index (Phi) is 3.26. The Morgan fingerprint density at radius 2 is 1.90 bits per heavy atom. The molecule has 4 nitrogen and oxygen atoms in total. The van der Waals surface area contributed by atoms with E-state index in [2.05, 4.69) is 10.3 Å². The van der Waals surface area contributed by atoms with Crippen LogP contribution in [-0.2, 0) is 0 Å². The van der Waals surface area contributed by atoms with Gasteiger partial charge in [-0.2, -0.15) is 0 Å². The number of nitrogens with one attached hydrogen (secondary N) is 1. The van der Waals surface area contributed by atoms with Crippen molar-refractivity contribution in [3.63, 3.8) is 0 Å². The van der Waals surface area contributed by atoms with E-state index in [4.69, 9.17) is 5.73 Å². The number of fused-ring (bicyclic) bond motifs is 1. The lowest BCUT2D eigenvalue weighted by Crippen LogP contribution is -2.14. The highest BCUT2D eigenvalue weighted by Gasteiger charge is 2.19. The fourth-order valence-electron chi connectivity index (χ4n) is 1.90. The van der Waals surface area contributed by atoms with Crippen molar-refractivity contribution in [2.75, 3.05) is 11.1 Å². The summed E-state index contributed by atoms with van der Waals surface area (Å²) in [6, 6.07) is 6.83. The lowest BCUT2D eigenvalue weighted by molar-refractivity contribution is 0.103. The van der Waals surface area contributed by atoms with Crippen molar-refractivity contribution >= 4 is 38.8 Å². The van der Waals surface area contributed by atoms with Gasteiger partial charge in [0.05, 0.1) is 10.4 Å². The average molecular weight is 305 g/mol. The molecular formula is C14H9F2N3OS. The van der Waals surface area contributed by atoms with Crippen LogP contribution in [0.5, 0.6) is 0 Å². The number of nitrogen functional groups attached to an aromatic ring is 1. The lowest BCUT2D eigenvalue weighted by atomic mass is 10.2. The number of pyridine rings is 1. The number of anilines is 2. The Balaban J connectivity index is 2.00. The van der Waals surface area contributed by atoms with Crippen LogP contribution in [0.4, 0.5) is 20.2 Å². The number of carbonyl (C=O) groups is 1. The van der Waals surface area contributed by atoms with Crippen LogP contribution in [-0.4, -0.2) is 10.9 Å². The van der Waals surface area contributed by atoms with Gasteiger partial charge in [-0.25, -0.2) is 8.78 Å². The highest BCUT2D eigenvalue weighted by atomic mass is 32.1. The Morgan fingerprint density at radius 1 is 1.19 bits per heavy atom. The van der Waals surface area contributed by atoms with Gasteiger partial charge in [-0.15, -0.1) is 11.3 Å². The largest absolute Gasteiger partial charge is 0.396 e. The van der Waals surface area contributed by atoms with E-state index in [0.29, 0.717) is 5.52 Å². The number of rotatable bonds is 2. The second-order valence-electron chi connectivity index (χ2n) is 4.25. The van der Waals surface area contributed by atoms with E-state index in [9.17, 15) is 13.6 Å². The topological polar surface area (TPSA) is 68.0 Å². The van der Waals surface area contributed by atoms with Gasteiger partial charge in [-0.05, 0) is 24.3 Å². The second kappa shape index (κ2) is 5.10. The van der Waals surface area contributed by atoms with Crippen molar-refractivity contribution in [2.45, 2.75) is 0 Å². The quantitative estimate of drug-likeness (QED) is 0.762. The molecule has 3 N–H and O–H groups in total. The minimum Gasteiger partial charge on any atom is -0.396 e. The number of para-hydroxylation sites is 1. The summed E-state index contributed by atoms with van der Waals surface area (Å²) in [6.45, 7) is 0. The van der Waals surface area contributed by atoms with Gasteiger partial charge in [-0.3, -0.25) is 9.78 Å². The smallest absolute Gasteiger partial charge is 0.268 e. The maximum atomic E-state index is 13.5. The zero-order chi connectivity index (χ0) is 15.0. The van der Waals surface area contributed by atoms with Crippen molar-refractivity contribution < 1.29 is 13.6 Å². The molecule has 0 fully saturated rings. The van der Waals surface area contributed by atoms with Crippen LogP contribution in [0.1, 0.15) is 9.67 Å². The molecule has 2 heterocycles. The Labute approximate surface area is 122 Å². The molecule has 1 amide bonds. The molecule has 0 saturated carbocycles. The van der Waals surface area contributed by atoms with Crippen molar-refractivity contribution in [1.29, 1.82) is 0 Å². The molecule has 7 heteroatoms. The van der Waals surface area contributed by atoms with Gasteiger partial charge in [0.25, 0.3) is 5.91 Å². The summed E-state index contributed by atoms with van der Waals surface area (Å²) in [5.74, 6) is -2.36. The Bertz CT molecular complexity index is 827. The minimum atomic E-state index is -0.846. The second-order valence-corrected chi connectivity index (χ2v) is 5.30. The number of amides is 1. The number of nitrogens with two attached hydrogens (primary N) is 1. The highest BCUT2D eigenvalue weighted by molar-refractivity contribution is 7.21. The monoisotopic (exact) mass is 305 g/mol. The Hall–Kier alpha value is -2.54.